The molecule has 132 valence electrons. The third kappa shape index (κ3) is 9.96. The summed E-state index contributed by atoms with van der Waals surface area (Å²) in [5, 5.41) is 27.8. The van der Waals surface area contributed by atoms with E-state index in [4.69, 9.17) is 14.9 Å². The number of aliphatic hydroxyl groups is 3. The Morgan fingerprint density at radius 2 is 1.57 bits per heavy atom. The molecular formula is C16H29GeNO5. The van der Waals surface area contributed by atoms with Gasteiger partial charge >= 0.3 is 0 Å². The molecule has 4 radical (unpaired) electrons. The Morgan fingerprint density at radius 3 is 2.00 bits per heavy atom. The second-order valence-corrected chi connectivity index (χ2v) is 5.44. The Bertz CT molecular complexity index is 383. The number of rotatable bonds is 10. The van der Waals surface area contributed by atoms with Crippen molar-refractivity contribution in [1.82, 2.24) is 4.90 Å². The first-order chi connectivity index (χ1) is 10.1. The zero-order valence-electron chi connectivity index (χ0n) is 13.9. The van der Waals surface area contributed by atoms with Gasteiger partial charge in [0.1, 0.15) is 18.5 Å². The second-order valence-electron chi connectivity index (χ2n) is 5.44. The standard InChI is InChI=1S/C16H27NO4.Ge.H2O/c1-13(2)14-3-5-16(6-4-14)21-12-15(20)11-17(7-9-18)8-10-19;;/h3-6,13,15,18-20H,7-12H2,1-2H3;;1H2. The van der Waals surface area contributed by atoms with Crippen LogP contribution in [0.15, 0.2) is 24.3 Å². The average molecular weight is 388 g/mol. The van der Waals surface area contributed by atoms with Crippen LogP contribution in [0.5, 0.6) is 5.75 Å². The van der Waals surface area contributed by atoms with E-state index in [-0.39, 0.29) is 42.9 Å². The minimum absolute atomic E-state index is 0. The minimum atomic E-state index is -0.659. The van der Waals surface area contributed by atoms with Crippen molar-refractivity contribution in [2.24, 2.45) is 0 Å². The Balaban J connectivity index is 0. The number of ether oxygens (including phenoxy) is 1. The fourth-order valence-corrected chi connectivity index (χ4v) is 2.07. The molecule has 6 nitrogen and oxygen atoms in total. The summed E-state index contributed by atoms with van der Waals surface area (Å²) in [6.07, 6.45) is -0.659. The molecule has 1 aromatic rings. The van der Waals surface area contributed by atoms with Gasteiger partial charge in [0.05, 0.1) is 13.2 Å². The molecular weight excluding hydrogens is 359 g/mol. The van der Waals surface area contributed by atoms with Gasteiger partial charge in [0.15, 0.2) is 0 Å². The molecule has 0 aliphatic rings. The van der Waals surface area contributed by atoms with Gasteiger partial charge in [0, 0.05) is 37.2 Å². The quantitative estimate of drug-likeness (QED) is 0.475. The molecule has 0 aliphatic heterocycles. The smallest absolute Gasteiger partial charge is 0.119 e. The minimum Gasteiger partial charge on any atom is -0.491 e. The van der Waals surface area contributed by atoms with E-state index in [0.29, 0.717) is 25.6 Å². The SMILES string of the molecule is CC(C)c1ccc(OCC(O)CN(CCO)CCO)cc1.O.[Ge]. The molecule has 1 aromatic carbocycles. The van der Waals surface area contributed by atoms with Crippen LogP contribution in [0.1, 0.15) is 25.3 Å². The van der Waals surface area contributed by atoms with Crippen molar-refractivity contribution in [2.75, 3.05) is 39.5 Å². The Hall–Kier alpha value is -0.637. The number of nitrogens with zero attached hydrogens (tertiary/aromatic N) is 1. The van der Waals surface area contributed by atoms with Crippen molar-refractivity contribution in [3.63, 3.8) is 0 Å². The van der Waals surface area contributed by atoms with E-state index in [0.717, 1.165) is 5.75 Å². The molecule has 1 unspecified atom stereocenters. The number of hydrogen-bond donors (Lipinski definition) is 3. The van der Waals surface area contributed by atoms with E-state index in [1.807, 2.05) is 24.3 Å². The topological polar surface area (TPSA) is 105 Å². The predicted octanol–water partition coefficient (Wildman–Crippen LogP) is -0.369. The summed E-state index contributed by atoms with van der Waals surface area (Å²) in [6, 6.07) is 7.86. The van der Waals surface area contributed by atoms with Crippen LogP contribution in [0.2, 0.25) is 0 Å². The summed E-state index contributed by atoms with van der Waals surface area (Å²) in [5.74, 6) is 1.21. The maximum Gasteiger partial charge on any atom is 0.119 e. The van der Waals surface area contributed by atoms with Gasteiger partial charge in [-0.05, 0) is 23.6 Å². The Morgan fingerprint density at radius 1 is 1.04 bits per heavy atom. The normalized spacial score (nSPS) is 11.8. The molecule has 1 rings (SSSR count). The zero-order chi connectivity index (χ0) is 15.7. The van der Waals surface area contributed by atoms with Crippen LogP contribution in [-0.4, -0.2) is 88.9 Å². The van der Waals surface area contributed by atoms with Gasteiger partial charge in [0.25, 0.3) is 0 Å². The van der Waals surface area contributed by atoms with Gasteiger partial charge in [-0.15, -0.1) is 0 Å². The van der Waals surface area contributed by atoms with E-state index >= 15 is 0 Å². The summed E-state index contributed by atoms with van der Waals surface area (Å²) >= 11 is 0. The van der Waals surface area contributed by atoms with Crippen molar-refractivity contribution in [2.45, 2.75) is 25.9 Å². The van der Waals surface area contributed by atoms with Crippen LogP contribution < -0.4 is 4.74 Å². The molecule has 0 heterocycles. The number of aliphatic hydroxyl groups excluding tert-OH is 3. The summed E-state index contributed by atoms with van der Waals surface area (Å²) in [5.41, 5.74) is 1.25. The fourth-order valence-electron chi connectivity index (χ4n) is 2.07. The van der Waals surface area contributed by atoms with Crippen molar-refractivity contribution in [3.05, 3.63) is 29.8 Å². The van der Waals surface area contributed by atoms with Gasteiger partial charge in [-0.25, -0.2) is 0 Å². The predicted molar refractivity (Wildman–Crippen MR) is 92.0 cm³/mol. The number of hydrogen-bond acceptors (Lipinski definition) is 5. The van der Waals surface area contributed by atoms with Crippen molar-refractivity contribution < 1.29 is 25.5 Å². The first-order valence-corrected chi connectivity index (χ1v) is 7.41. The third-order valence-corrected chi connectivity index (χ3v) is 3.29. The summed E-state index contributed by atoms with van der Waals surface area (Å²) in [6.45, 7) is 5.70. The molecule has 23 heavy (non-hydrogen) atoms. The average Bonchev–Trinajstić information content (AvgIpc) is 2.46. The molecule has 0 spiro atoms. The zero-order valence-corrected chi connectivity index (χ0v) is 16.0. The largest absolute Gasteiger partial charge is 0.491 e. The molecule has 0 saturated carbocycles. The van der Waals surface area contributed by atoms with E-state index in [1.165, 1.54) is 5.56 Å². The monoisotopic (exact) mass is 389 g/mol. The maximum atomic E-state index is 9.95. The van der Waals surface area contributed by atoms with E-state index in [1.54, 1.807) is 4.90 Å². The molecule has 0 aliphatic carbocycles. The van der Waals surface area contributed by atoms with Crippen molar-refractivity contribution in [1.29, 1.82) is 0 Å². The number of benzene rings is 1. The van der Waals surface area contributed by atoms with Crippen LogP contribution in [0, 0.1) is 0 Å². The van der Waals surface area contributed by atoms with E-state index < -0.39 is 6.10 Å². The molecule has 0 fully saturated rings. The van der Waals surface area contributed by atoms with Gasteiger partial charge in [-0.1, -0.05) is 26.0 Å². The molecule has 0 amide bonds. The van der Waals surface area contributed by atoms with Gasteiger partial charge < -0.3 is 25.5 Å². The molecule has 5 N–H and O–H groups in total. The van der Waals surface area contributed by atoms with Crippen molar-refractivity contribution in [3.8, 4) is 5.75 Å². The van der Waals surface area contributed by atoms with Crippen LogP contribution in [0.3, 0.4) is 0 Å². The molecule has 0 aromatic heterocycles. The van der Waals surface area contributed by atoms with Crippen LogP contribution in [0.4, 0.5) is 0 Å². The van der Waals surface area contributed by atoms with Crippen LogP contribution >= 0.6 is 0 Å². The summed E-state index contributed by atoms with van der Waals surface area (Å²) < 4.78 is 5.56. The molecule has 1 atom stereocenters. The van der Waals surface area contributed by atoms with Crippen LogP contribution in [-0.2, 0) is 0 Å². The van der Waals surface area contributed by atoms with Gasteiger partial charge in [-0.2, -0.15) is 0 Å². The first-order valence-electron chi connectivity index (χ1n) is 7.41. The van der Waals surface area contributed by atoms with E-state index in [9.17, 15) is 5.11 Å². The van der Waals surface area contributed by atoms with E-state index in [2.05, 4.69) is 13.8 Å². The van der Waals surface area contributed by atoms with Crippen molar-refractivity contribution >= 4 is 17.6 Å². The maximum absolute atomic E-state index is 9.95. The van der Waals surface area contributed by atoms with Gasteiger partial charge in [-0.3, -0.25) is 4.90 Å². The van der Waals surface area contributed by atoms with Gasteiger partial charge in [0.2, 0.25) is 0 Å². The first kappa shape index (κ1) is 24.6. The summed E-state index contributed by atoms with van der Waals surface area (Å²) in [7, 11) is 0. The molecule has 0 saturated heterocycles. The van der Waals surface area contributed by atoms with Crippen LogP contribution in [0.25, 0.3) is 0 Å². The fraction of sp³-hybridized carbons (Fsp3) is 0.625. The summed E-state index contributed by atoms with van der Waals surface area (Å²) in [4.78, 5) is 1.80. The Kier molecular flexibility index (Phi) is 14.7. The third-order valence-electron chi connectivity index (χ3n) is 3.29. The Labute approximate surface area is 149 Å². The molecule has 7 heteroatoms. The molecule has 0 bridgehead atoms. The second kappa shape index (κ2) is 13.8.